The number of hydrogen-bond acceptors (Lipinski definition) is 3. The summed E-state index contributed by atoms with van der Waals surface area (Å²) in [5.74, 6) is -1.03. The second-order valence-electron chi connectivity index (χ2n) is 5.66. The van der Waals surface area contributed by atoms with Crippen molar-refractivity contribution in [2.75, 3.05) is 10.6 Å². The van der Waals surface area contributed by atoms with Gasteiger partial charge in [0.05, 0.1) is 11.9 Å². The minimum atomic E-state index is -3.77. The number of halogens is 3. The number of rotatable bonds is 6. The van der Waals surface area contributed by atoms with Crippen molar-refractivity contribution in [3.05, 3.63) is 63.9 Å². The molecule has 140 valence electrons. The third-order valence-electron chi connectivity index (χ3n) is 3.64. The van der Waals surface area contributed by atoms with Gasteiger partial charge in [-0.25, -0.2) is 12.8 Å². The van der Waals surface area contributed by atoms with Crippen LogP contribution in [0.4, 0.5) is 10.1 Å². The summed E-state index contributed by atoms with van der Waals surface area (Å²) in [6.45, 7) is 1.56. The lowest BCUT2D eigenvalue weighted by atomic mass is 10.2. The van der Waals surface area contributed by atoms with Crippen molar-refractivity contribution < 1.29 is 17.6 Å². The van der Waals surface area contributed by atoms with E-state index in [4.69, 9.17) is 23.2 Å². The number of sulfonamides is 1. The standard InChI is InChI=1S/C17H17Cl2FN2O3S/c1-11(17(23)21-10-12-3-4-13(18)9-16(12)19)22(26(2,24)25)15-7-5-14(20)6-8-15/h3-9,11H,10H2,1-2H3,(H,21,23). The van der Waals surface area contributed by atoms with Crippen molar-refractivity contribution >= 4 is 44.8 Å². The SMILES string of the molecule is CC(C(=O)NCc1ccc(Cl)cc1Cl)N(c1ccc(F)cc1)S(C)(=O)=O. The Labute approximate surface area is 161 Å². The molecule has 0 radical (unpaired) electrons. The van der Waals surface area contributed by atoms with Gasteiger partial charge in [-0.15, -0.1) is 0 Å². The van der Waals surface area contributed by atoms with Gasteiger partial charge in [-0.05, 0) is 48.9 Å². The Hall–Kier alpha value is -1.83. The van der Waals surface area contributed by atoms with Gasteiger partial charge in [0.15, 0.2) is 0 Å². The van der Waals surface area contributed by atoms with Gasteiger partial charge >= 0.3 is 0 Å². The highest BCUT2D eigenvalue weighted by Gasteiger charge is 2.29. The Bertz CT molecular complexity index is 905. The molecular formula is C17H17Cl2FN2O3S. The lowest BCUT2D eigenvalue weighted by Gasteiger charge is -2.28. The monoisotopic (exact) mass is 418 g/mol. The van der Waals surface area contributed by atoms with E-state index in [1.807, 2.05) is 0 Å². The molecule has 1 unspecified atom stereocenters. The first-order chi connectivity index (χ1) is 12.1. The molecule has 0 bridgehead atoms. The molecule has 0 saturated carbocycles. The van der Waals surface area contributed by atoms with Crippen molar-refractivity contribution in [3.63, 3.8) is 0 Å². The summed E-state index contributed by atoms with van der Waals surface area (Å²) in [4.78, 5) is 12.5. The molecule has 1 N–H and O–H groups in total. The minimum Gasteiger partial charge on any atom is -0.350 e. The van der Waals surface area contributed by atoms with Gasteiger partial charge in [0, 0.05) is 16.6 Å². The summed E-state index contributed by atoms with van der Waals surface area (Å²) >= 11 is 11.9. The first-order valence-corrected chi connectivity index (χ1v) is 10.2. The summed E-state index contributed by atoms with van der Waals surface area (Å²) in [6.07, 6.45) is 0.982. The number of benzene rings is 2. The molecule has 2 rings (SSSR count). The van der Waals surface area contributed by atoms with Crippen molar-refractivity contribution in [3.8, 4) is 0 Å². The van der Waals surface area contributed by atoms with Crippen LogP contribution in [0.5, 0.6) is 0 Å². The van der Waals surface area contributed by atoms with E-state index in [1.54, 1.807) is 18.2 Å². The fraction of sp³-hybridized carbons (Fsp3) is 0.235. The van der Waals surface area contributed by atoms with Crippen LogP contribution in [-0.2, 0) is 21.4 Å². The van der Waals surface area contributed by atoms with Gasteiger partial charge in [-0.3, -0.25) is 9.10 Å². The van der Waals surface area contributed by atoms with Crippen LogP contribution >= 0.6 is 23.2 Å². The zero-order valence-electron chi connectivity index (χ0n) is 14.0. The van der Waals surface area contributed by atoms with Crippen LogP contribution in [0.15, 0.2) is 42.5 Å². The van der Waals surface area contributed by atoms with Crippen LogP contribution in [0.1, 0.15) is 12.5 Å². The smallest absolute Gasteiger partial charge is 0.243 e. The molecular weight excluding hydrogens is 402 g/mol. The van der Waals surface area contributed by atoms with Crippen LogP contribution in [0.2, 0.25) is 10.0 Å². The number of carbonyl (C=O) groups excluding carboxylic acids is 1. The summed E-state index contributed by atoms with van der Waals surface area (Å²) in [7, 11) is -3.77. The van der Waals surface area contributed by atoms with Crippen molar-refractivity contribution in [1.29, 1.82) is 0 Å². The molecule has 1 atom stereocenters. The zero-order valence-corrected chi connectivity index (χ0v) is 16.4. The maximum absolute atomic E-state index is 13.1. The van der Waals surface area contributed by atoms with Crippen LogP contribution in [0.25, 0.3) is 0 Å². The lowest BCUT2D eigenvalue weighted by molar-refractivity contribution is -0.122. The Morgan fingerprint density at radius 2 is 1.81 bits per heavy atom. The van der Waals surface area contributed by atoms with Gasteiger partial charge < -0.3 is 5.32 Å². The molecule has 0 spiro atoms. The zero-order chi connectivity index (χ0) is 19.5. The van der Waals surface area contributed by atoms with Crippen molar-refractivity contribution in [2.24, 2.45) is 0 Å². The van der Waals surface area contributed by atoms with E-state index in [0.717, 1.165) is 22.7 Å². The predicted octanol–water partition coefficient (Wildman–Crippen LogP) is 3.60. The Balaban J connectivity index is 2.18. The number of amides is 1. The average molecular weight is 419 g/mol. The average Bonchev–Trinajstić information content (AvgIpc) is 2.54. The second-order valence-corrected chi connectivity index (χ2v) is 8.37. The molecule has 0 saturated heterocycles. The second kappa shape index (κ2) is 8.24. The van der Waals surface area contributed by atoms with Gasteiger partial charge in [0.25, 0.3) is 0 Å². The number of hydrogen-bond donors (Lipinski definition) is 1. The molecule has 0 aromatic heterocycles. The van der Waals surface area contributed by atoms with Crippen LogP contribution in [-0.4, -0.2) is 26.6 Å². The maximum atomic E-state index is 13.1. The molecule has 2 aromatic carbocycles. The van der Waals surface area contributed by atoms with Crippen LogP contribution in [0, 0.1) is 5.82 Å². The molecule has 26 heavy (non-hydrogen) atoms. The lowest BCUT2D eigenvalue weighted by Crippen LogP contribution is -2.47. The Kier molecular flexibility index (Phi) is 6.49. The predicted molar refractivity (Wildman–Crippen MR) is 101 cm³/mol. The summed E-state index contributed by atoms with van der Waals surface area (Å²) in [6, 6.07) is 8.68. The van der Waals surface area contributed by atoms with Crippen molar-refractivity contribution in [2.45, 2.75) is 19.5 Å². The van der Waals surface area contributed by atoms with E-state index < -0.39 is 27.8 Å². The molecule has 1 amide bonds. The minimum absolute atomic E-state index is 0.111. The van der Waals surface area contributed by atoms with E-state index in [0.29, 0.717) is 15.6 Å². The molecule has 0 aliphatic rings. The fourth-order valence-corrected chi connectivity index (χ4v) is 4.04. The third kappa shape index (κ3) is 5.09. The largest absolute Gasteiger partial charge is 0.350 e. The van der Waals surface area contributed by atoms with Crippen LogP contribution in [0.3, 0.4) is 0 Å². The summed E-state index contributed by atoms with van der Waals surface area (Å²) in [5, 5.41) is 3.51. The number of carbonyl (C=O) groups is 1. The molecule has 2 aromatic rings. The molecule has 0 aliphatic heterocycles. The summed E-state index contributed by atoms with van der Waals surface area (Å²) < 4.78 is 38.3. The summed E-state index contributed by atoms with van der Waals surface area (Å²) in [5.41, 5.74) is 0.838. The highest BCUT2D eigenvalue weighted by atomic mass is 35.5. The van der Waals surface area contributed by atoms with Gasteiger partial charge in [0.1, 0.15) is 11.9 Å². The maximum Gasteiger partial charge on any atom is 0.243 e. The molecule has 9 heteroatoms. The fourth-order valence-electron chi connectivity index (χ4n) is 2.39. The number of nitrogens with zero attached hydrogens (tertiary/aromatic N) is 1. The quantitative estimate of drug-likeness (QED) is 0.778. The molecule has 5 nitrogen and oxygen atoms in total. The number of nitrogens with one attached hydrogen (secondary N) is 1. The Morgan fingerprint density at radius 1 is 1.19 bits per heavy atom. The number of anilines is 1. The van der Waals surface area contributed by atoms with Gasteiger partial charge in [0.2, 0.25) is 15.9 Å². The van der Waals surface area contributed by atoms with E-state index in [2.05, 4.69) is 5.32 Å². The van der Waals surface area contributed by atoms with Gasteiger partial charge in [-0.1, -0.05) is 29.3 Å². The topological polar surface area (TPSA) is 66.5 Å². The highest BCUT2D eigenvalue weighted by Crippen LogP contribution is 2.22. The Morgan fingerprint density at radius 3 is 2.35 bits per heavy atom. The normalized spacial score (nSPS) is 12.5. The first kappa shape index (κ1) is 20.5. The molecule has 0 aliphatic carbocycles. The molecule has 0 heterocycles. The van der Waals surface area contributed by atoms with Crippen molar-refractivity contribution in [1.82, 2.24) is 5.32 Å². The molecule has 0 fully saturated rings. The van der Waals surface area contributed by atoms with E-state index in [-0.39, 0.29) is 12.2 Å². The van der Waals surface area contributed by atoms with Crippen LogP contribution < -0.4 is 9.62 Å². The van der Waals surface area contributed by atoms with Gasteiger partial charge in [-0.2, -0.15) is 0 Å². The first-order valence-electron chi connectivity index (χ1n) is 7.56. The van der Waals surface area contributed by atoms with E-state index >= 15 is 0 Å². The van der Waals surface area contributed by atoms with E-state index in [1.165, 1.54) is 19.1 Å². The van der Waals surface area contributed by atoms with E-state index in [9.17, 15) is 17.6 Å². The highest BCUT2D eigenvalue weighted by molar-refractivity contribution is 7.92. The third-order valence-corrected chi connectivity index (χ3v) is 5.47.